The highest BCUT2D eigenvalue weighted by molar-refractivity contribution is 5.87. The third kappa shape index (κ3) is 5.51. The van der Waals surface area contributed by atoms with Gasteiger partial charge in [0.05, 0.1) is 12.2 Å². The lowest BCUT2D eigenvalue weighted by Crippen LogP contribution is -2.14. The molecule has 4 nitrogen and oxygen atoms in total. The van der Waals surface area contributed by atoms with Gasteiger partial charge in [0.15, 0.2) is 0 Å². The summed E-state index contributed by atoms with van der Waals surface area (Å²) in [6, 6.07) is 15.2. The monoisotopic (exact) mass is 313 g/mol. The molecule has 2 aromatic rings. The van der Waals surface area contributed by atoms with Crippen LogP contribution in [0.2, 0.25) is 0 Å². The molecular weight excluding hydrogens is 290 g/mol. The lowest BCUT2D eigenvalue weighted by Gasteiger charge is -2.11. The summed E-state index contributed by atoms with van der Waals surface area (Å²) < 4.78 is 5.63. The molecular formula is C19H23NO3. The number of ether oxygens (including phenoxy) is 1. The number of carbonyl (C=O) groups is 1. The number of aromatic carboxylic acids is 1. The first-order valence-electron chi connectivity index (χ1n) is 7.88. The van der Waals surface area contributed by atoms with Crippen molar-refractivity contribution in [2.24, 2.45) is 0 Å². The van der Waals surface area contributed by atoms with Crippen LogP contribution in [0, 0.1) is 0 Å². The molecule has 0 aliphatic carbocycles. The normalized spacial score (nSPS) is 10.7. The third-order valence-corrected chi connectivity index (χ3v) is 3.57. The largest absolute Gasteiger partial charge is 0.478 e. The van der Waals surface area contributed by atoms with Crippen LogP contribution >= 0.6 is 0 Å². The van der Waals surface area contributed by atoms with E-state index in [-0.39, 0.29) is 0 Å². The highest BCUT2D eigenvalue weighted by Gasteiger charge is 2.03. The summed E-state index contributed by atoms with van der Waals surface area (Å²) in [5.74, 6) is -0.898. The highest BCUT2D eigenvalue weighted by Crippen LogP contribution is 2.11. The molecule has 122 valence electrons. The van der Waals surface area contributed by atoms with Gasteiger partial charge in [-0.05, 0) is 35.2 Å². The highest BCUT2D eigenvalue weighted by atomic mass is 16.5. The Balaban J connectivity index is 1.87. The van der Waals surface area contributed by atoms with Crippen molar-refractivity contribution >= 4 is 5.97 Å². The summed E-state index contributed by atoms with van der Waals surface area (Å²) in [6.07, 6.45) is 1.02. The van der Waals surface area contributed by atoms with Crippen molar-refractivity contribution in [1.82, 2.24) is 5.32 Å². The fourth-order valence-corrected chi connectivity index (χ4v) is 2.30. The Bertz CT molecular complexity index is 623. The Labute approximate surface area is 137 Å². The van der Waals surface area contributed by atoms with E-state index in [1.54, 1.807) is 12.1 Å². The molecule has 23 heavy (non-hydrogen) atoms. The van der Waals surface area contributed by atoms with E-state index in [2.05, 4.69) is 24.4 Å². The number of carboxylic acid groups (broad SMARTS) is 1. The molecule has 0 aromatic heterocycles. The molecule has 0 aliphatic rings. The van der Waals surface area contributed by atoms with Crippen LogP contribution < -0.4 is 5.32 Å². The lowest BCUT2D eigenvalue weighted by molar-refractivity contribution is 0.0697. The van der Waals surface area contributed by atoms with Crippen LogP contribution in [-0.2, 0) is 24.4 Å². The Morgan fingerprint density at radius 2 is 1.74 bits per heavy atom. The molecule has 0 heterocycles. The zero-order chi connectivity index (χ0) is 16.5. The molecule has 2 rings (SSSR count). The molecule has 0 radical (unpaired) electrons. The summed E-state index contributed by atoms with van der Waals surface area (Å²) in [6.45, 7) is 4.97. The molecule has 0 amide bonds. The first-order chi connectivity index (χ1) is 11.2. The van der Waals surface area contributed by atoms with E-state index in [9.17, 15) is 4.79 Å². The van der Waals surface area contributed by atoms with Crippen LogP contribution in [-0.4, -0.2) is 17.7 Å². The third-order valence-electron chi connectivity index (χ3n) is 3.57. The second kappa shape index (κ2) is 9.08. The van der Waals surface area contributed by atoms with Gasteiger partial charge in [-0.3, -0.25) is 0 Å². The minimum atomic E-state index is -0.898. The van der Waals surface area contributed by atoms with Gasteiger partial charge in [0.2, 0.25) is 0 Å². The van der Waals surface area contributed by atoms with Gasteiger partial charge in [0, 0.05) is 19.7 Å². The van der Waals surface area contributed by atoms with E-state index in [1.807, 2.05) is 24.3 Å². The van der Waals surface area contributed by atoms with Crippen molar-refractivity contribution in [2.75, 3.05) is 6.61 Å². The number of benzene rings is 2. The molecule has 0 atom stereocenters. The van der Waals surface area contributed by atoms with E-state index in [0.29, 0.717) is 18.7 Å². The van der Waals surface area contributed by atoms with Gasteiger partial charge in [-0.15, -0.1) is 0 Å². The molecule has 0 bridgehead atoms. The maximum absolute atomic E-state index is 10.8. The fourth-order valence-electron chi connectivity index (χ4n) is 2.30. The minimum Gasteiger partial charge on any atom is -0.478 e. The average Bonchev–Trinajstić information content (AvgIpc) is 2.57. The number of hydrogen-bond acceptors (Lipinski definition) is 3. The number of carboxylic acids is 1. The van der Waals surface area contributed by atoms with Crippen molar-refractivity contribution in [3.63, 3.8) is 0 Å². The molecule has 4 heteroatoms. The van der Waals surface area contributed by atoms with Crippen molar-refractivity contribution in [1.29, 1.82) is 0 Å². The minimum absolute atomic E-state index is 0.312. The first-order valence-corrected chi connectivity index (χ1v) is 7.88. The van der Waals surface area contributed by atoms with Gasteiger partial charge >= 0.3 is 5.97 Å². The second-order valence-electron chi connectivity index (χ2n) is 5.43. The van der Waals surface area contributed by atoms with Crippen molar-refractivity contribution in [3.05, 3.63) is 70.8 Å². The van der Waals surface area contributed by atoms with Crippen molar-refractivity contribution in [2.45, 2.75) is 33.0 Å². The second-order valence-corrected chi connectivity index (χ2v) is 5.43. The smallest absolute Gasteiger partial charge is 0.335 e. The summed E-state index contributed by atoms with van der Waals surface area (Å²) in [7, 11) is 0. The molecule has 0 aliphatic heterocycles. The summed E-state index contributed by atoms with van der Waals surface area (Å²) in [5.41, 5.74) is 3.81. The molecule has 2 aromatic carbocycles. The van der Waals surface area contributed by atoms with Crippen LogP contribution in [0.25, 0.3) is 0 Å². The van der Waals surface area contributed by atoms with Crippen LogP contribution in [0.4, 0.5) is 0 Å². The topological polar surface area (TPSA) is 58.6 Å². The molecule has 0 saturated carbocycles. The van der Waals surface area contributed by atoms with Gasteiger partial charge < -0.3 is 15.2 Å². The van der Waals surface area contributed by atoms with Gasteiger partial charge in [-0.25, -0.2) is 4.79 Å². The summed E-state index contributed by atoms with van der Waals surface area (Å²) in [5, 5.41) is 12.3. The van der Waals surface area contributed by atoms with Crippen LogP contribution in [0.1, 0.15) is 40.4 Å². The predicted octanol–water partition coefficient (Wildman–Crippen LogP) is 3.60. The molecule has 0 unspecified atom stereocenters. The van der Waals surface area contributed by atoms with Gasteiger partial charge in [-0.1, -0.05) is 43.3 Å². The number of rotatable bonds is 9. The Morgan fingerprint density at radius 3 is 2.39 bits per heavy atom. The van der Waals surface area contributed by atoms with Crippen LogP contribution in [0.15, 0.2) is 48.5 Å². The Kier molecular flexibility index (Phi) is 6.78. The number of hydrogen-bond donors (Lipinski definition) is 2. The van der Waals surface area contributed by atoms with E-state index < -0.39 is 5.97 Å². The lowest BCUT2D eigenvalue weighted by atomic mass is 10.1. The van der Waals surface area contributed by atoms with Gasteiger partial charge in [0.25, 0.3) is 0 Å². The van der Waals surface area contributed by atoms with E-state index in [1.165, 1.54) is 11.1 Å². The maximum Gasteiger partial charge on any atom is 0.335 e. The Hall–Kier alpha value is -2.17. The van der Waals surface area contributed by atoms with E-state index in [0.717, 1.165) is 25.1 Å². The maximum atomic E-state index is 10.8. The van der Waals surface area contributed by atoms with Crippen molar-refractivity contribution in [3.8, 4) is 0 Å². The zero-order valence-electron chi connectivity index (χ0n) is 13.4. The quantitative estimate of drug-likeness (QED) is 0.694. The Morgan fingerprint density at radius 1 is 1.04 bits per heavy atom. The molecule has 0 fully saturated rings. The molecule has 2 N–H and O–H groups in total. The SMILES string of the molecule is CCCOCc1ccccc1CNCc1ccc(C(=O)O)cc1. The average molecular weight is 313 g/mol. The summed E-state index contributed by atoms with van der Waals surface area (Å²) in [4.78, 5) is 10.8. The van der Waals surface area contributed by atoms with E-state index in [4.69, 9.17) is 9.84 Å². The first kappa shape index (κ1) is 17.2. The number of nitrogens with one attached hydrogen (secondary N) is 1. The van der Waals surface area contributed by atoms with Gasteiger partial charge in [0.1, 0.15) is 0 Å². The fraction of sp³-hybridized carbons (Fsp3) is 0.316. The van der Waals surface area contributed by atoms with E-state index >= 15 is 0 Å². The molecule has 0 spiro atoms. The van der Waals surface area contributed by atoms with Crippen LogP contribution in [0.5, 0.6) is 0 Å². The molecule has 0 saturated heterocycles. The standard InChI is InChI=1S/C19H23NO3/c1-2-11-23-14-18-6-4-3-5-17(18)13-20-12-15-7-9-16(10-8-15)19(21)22/h3-10,20H,2,11-14H2,1H3,(H,21,22). The van der Waals surface area contributed by atoms with Crippen LogP contribution in [0.3, 0.4) is 0 Å². The van der Waals surface area contributed by atoms with Crippen molar-refractivity contribution < 1.29 is 14.6 Å². The summed E-state index contributed by atoms with van der Waals surface area (Å²) >= 11 is 0. The zero-order valence-corrected chi connectivity index (χ0v) is 13.4. The van der Waals surface area contributed by atoms with Gasteiger partial charge in [-0.2, -0.15) is 0 Å². The predicted molar refractivity (Wildman–Crippen MR) is 90.3 cm³/mol.